The first-order chi connectivity index (χ1) is 10.1. The van der Waals surface area contributed by atoms with Crippen molar-refractivity contribution in [3.63, 3.8) is 0 Å². The quantitative estimate of drug-likeness (QED) is 0.321. The summed E-state index contributed by atoms with van der Waals surface area (Å²) in [4.78, 5) is 0. The van der Waals surface area contributed by atoms with Crippen LogP contribution in [0.1, 0.15) is 39.0 Å². The number of hydrogen-bond donors (Lipinski definition) is 0. The van der Waals surface area contributed by atoms with Gasteiger partial charge in [0.15, 0.2) is 0 Å². The van der Waals surface area contributed by atoms with Crippen molar-refractivity contribution in [3.05, 3.63) is 0 Å². The zero-order valence-electron chi connectivity index (χ0n) is 11.9. The molecule has 0 atom stereocenters. The van der Waals surface area contributed by atoms with E-state index in [0.717, 1.165) is 0 Å². The van der Waals surface area contributed by atoms with Gasteiger partial charge in [0.1, 0.15) is 0 Å². The molecule has 0 aliphatic heterocycles. The molecule has 0 N–H and O–H groups in total. The molecule has 0 unspecified atom stereocenters. The summed E-state index contributed by atoms with van der Waals surface area (Å²) in [7, 11) is 0. The van der Waals surface area contributed by atoms with Crippen LogP contribution in [0.4, 0.5) is 43.9 Å². The first-order valence-electron chi connectivity index (χ1n) is 6.50. The monoisotopic (exact) mass is 473 g/mol. The second-order valence-electron chi connectivity index (χ2n) is 4.82. The van der Waals surface area contributed by atoms with Crippen molar-refractivity contribution >= 4 is 20.2 Å². The molecule has 0 aromatic heterocycles. The van der Waals surface area contributed by atoms with Crippen LogP contribution in [0, 0.1) is 0 Å². The molecule has 0 rings (SSSR count). The fourth-order valence-electron chi connectivity index (χ4n) is 1.51. The molecular formula is C11H15F10OSn. The van der Waals surface area contributed by atoms with E-state index >= 15 is 0 Å². The van der Waals surface area contributed by atoms with Gasteiger partial charge in [0.25, 0.3) is 0 Å². The average molecular weight is 472 g/mol. The molecule has 0 spiro atoms. The van der Waals surface area contributed by atoms with Crippen LogP contribution in [0.25, 0.3) is 0 Å². The normalized spacial score (nSPS) is 14.6. The third-order valence-electron chi connectivity index (χ3n) is 2.56. The second-order valence-corrected chi connectivity index (χ2v) is 11.7. The van der Waals surface area contributed by atoms with Crippen molar-refractivity contribution in [1.82, 2.24) is 0 Å². The molecule has 12 heteroatoms. The first-order valence-corrected chi connectivity index (χ1v) is 10.5. The zero-order valence-corrected chi connectivity index (χ0v) is 14.8. The molecule has 0 aromatic rings. The van der Waals surface area contributed by atoms with E-state index < -0.39 is 72.7 Å². The molecule has 0 saturated carbocycles. The molecule has 0 aromatic carbocycles. The van der Waals surface area contributed by atoms with Gasteiger partial charge in [0.2, 0.25) is 0 Å². The van der Waals surface area contributed by atoms with Gasteiger partial charge in [-0.1, -0.05) is 0 Å². The Hall–Kier alpha value is 0.0587. The fraction of sp³-hybridized carbons (Fsp3) is 1.00. The van der Waals surface area contributed by atoms with Crippen LogP contribution in [0.15, 0.2) is 0 Å². The van der Waals surface area contributed by atoms with Crippen molar-refractivity contribution in [2.24, 2.45) is 0 Å². The molecule has 0 aliphatic carbocycles. The summed E-state index contributed by atoms with van der Waals surface area (Å²) < 4.78 is 123. The van der Waals surface area contributed by atoms with Crippen LogP contribution in [0.5, 0.6) is 0 Å². The van der Waals surface area contributed by atoms with E-state index in [0.29, 0.717) is 0 Å². The first kappa shape index (κ1) is 23.1. The van der Waals surface area contributed by atoms with Gasteiger partial charge in [0, 0.05) is 0 Å². The van der Waals surface area contributed by atoms with Crippen LogP contribution < -0.4 is 0 Å². The minimum atomic E-state index is -5.71. The Kier molecular flexibility index (Phi) is 8.45. The van der Waals surface area contributed by atoms with Crippen molar-refractivity contribution in [2.75, 3.05) is 6.61 Å². The number of hydrogen-bond acceptors (Lipinski definition) is 1. The minimum absolute atomic E-state index is 0.0365. The summed E-state index contributed by atoms with van der Waals surface area (Å²) in [6.07, 6.45) is -17.8. The number of halogens is 10. The van der Waals surface area contributed by atoms with Gasteiger partial charge in [-0.2, -0.15) is 0 Å². The number of rotatable bonds is 9. The van der Waals surface area contributed by atoms with Gasteiger partial charge in [0.05, 0.1) is 0 Å². The predicted molar refractivity (Wildman–Crippen MR) is 62.5 cm³/mol. The van der Waals surface area contributed by atoms with Crippen LogP contribution in [-0.2, 0) is 3.07 Å². The Balaban J connectivity index is 5.15. The Morgan fingerprint density at radius 3 is 1.26 bits per heavy atom. The molecule has 0 saturated heterocycles. The van der Waals surface area contributed by atoms with E-state index in [9.17, 15) is 43.9 Å². The van der Waals surface area contributed by atoms with Crippen LogP contribution >= 0.6 is 0 Å². The van der Waals surface area contributed by atoms with E-state index in [1.54, 1.807) is 0 Å². The van der Waals surface area contributed by atoms with Crippen LogP contribution in [0.3, 0.4) is 0 Å². The topological polar surface area (TPSA) is 9.23 Å². The Morgan fingerprint density at radius 2 is 1.00 bits per heavy atom. The van der Waals surface area contributed by atoms with Crippen molar-refractivity contribution in [3.8, 4) is 0 Å². The van der Waals surface area contributed by atoms with Crippen molar-refractivity contribution in [2.45, 2.75) is 59.3 Å². The summed E-state index contributed by atoms with van der Waals surface area (Å²) in [6, 6.07) is 0. The van der Waals surface area contributed by atoms with E-state index in [1.165, 1.54) is 6.92 Å². The van der Waals surface area contributed by atoms with E-state index in [4.69, 9.17) is 0 Å². The molecule has 0 amide bonds. The molecule has 0 bridgehead atoms. The average Bonchev–Trinajstić information content (AvgIpc) is 2.33. The van der Waals surface area contributed by atoms with Gasteiger partial charge >= 0.3 is 133 Å². The van der Waals surface area contributed by atoms with Crippen molar-refractivity contribution < 1.29 is 47.0 Å². The second kappa shape index (κ2) is 8.43. The summed E-state index contributed by atoms with van der Waals surface area (Å²) in [5, 5.41) is 0. The Labute approximate surface area is 133 Å². The molecule has 0 heterocycles. The molecule has 1 nitrogen and oxygen atoms in total. The third-order valence-corrected chi connectivity index (χ3v) is 9.19. The van der Waals surface area contributed by atoms with Crippen LogP contribution in [0.2, 0.25) is 0 Å². The molecule has 139 valence electrons. The van der Waals surface area contributed by atoms with E-state index in [2.05, 4.69) is 3.07 Å². The molecule has 0 aliphatic rings. The van der Waals surface area contributed by atoms with Gasteiger partial charge in [-0.15, -0.1) is 0 Å². The van der Waals surface area contributed by atoms with Crippen LogP contribution in [-0.4, -0.2) is 47.0 Å². The summed E-state index contributed by atoms with van der Waals surface area (Å²) in [6.45, 7) is 0.834. The molecular weight excluding hydrogens is 457 g/mol. The third kappa shape index (κ3) is 9.82. The summed E-state index contributed by atoms with van der Waals surface area (Å²) in [5.74, 6) is 0. The van der Waals surface area contributed by atoms with E-state index in [1.807, 2.05) is 0 Å². The molecule has 23 heavy (non-hydrogen) atoms. The molecule has 0 fully saturated rings. The Bertz CT molecular complexity index is 322. The molecule has 1 radical (unpaired) electrons. The van der Waals surface area contributed by atoms with E-state index in [-0.39, 0.29) is 6.42 Å². The predicted octanol–water partition coefficient (Wildman–Crippen LogP) is 5.44. The van der Waals surface area contributed by atoms with Gasteiger partial charge in [-0.3, -0.25) is 0 Å². The van der Waals surface area contributed by atoms with Gasteiger partial charge in [-0.05, 0) is 0 Å². The van der Waals surface area contributed by atoms with Gasteiger partial charge < -0.3 is 0 Å². The summed E-state index contributed by atoms with van der Waals surface area (Å²) >= 11 is -5.71. The Morgan fingerprint density at radius 1 is 0.652 bits per heavy atom. The maximum atomic E-state index is 13.8. The zero-order chi connectivity index (χ0) is 18.5. The standard InChI is InChI=1S/2C4H4F5.C3H7O.Sn/c2*5-3(6)1-2-4(7,8)9;1-2-3-4;/h2*1-2H2;2-3H2,1H3;/q;;-1;+1. The number of alkyl halides is 10. The fourth-order valence-corrected chi connectivity index (χ4v) is 7.41. The summed E-state index contributed by atoms with van der Waals surface area (Å²) in [5.41, 5.74) is 0. The SMILES string of the molecule is CCC[O][Sn]([C](F)(F)CCC(F)(F)F)[C](F)(F)CCC(F)(F)F. The van der Waals surface area contributed by atoms with Crippen molar-refractivity contribution in [1.29, 1.82) is 0 Å². The van der Waals surface area contributed by atoms with Gasteiger partial charge in [-0.25, -0.2) is 0 Å². The maximum absolute atomic E-state index is 13.8.